The van der Waals surface area contributed by atoms with Crippen molar-refractivity contribution in [1.29, 1.82) is 0 Å². The van der Waals surface area contributed by atoms with Gasteiger partial charge in [-0.2, -0.15) is 0 Å². The Morgan fingerprint density at radius 2 is 1.93 bits per heavy atom. The highest BCUT2D eigenvalue weighted by molar-refractivity contribution is 5.76. The lowest BCUT2D eigenvalue weighted by Crippen LogP contribution is -2.60. The number of ether oxygens (including phenoxy) is 2. The molecule has 0 aliphatic carbocycles. The number of benzene rings is 1. The fourth-order valence-corrected chi connectivity index (χ4v) is 4.42. The summed E-state index contributed by atoms with van der Waals surface area (Å²) < 4.78 is 10.7. The molecule has 2 heterocycles. The van der Waals surface area contributed by atoms with Crippen molar-refractivity contribution in [3.05, 3.63) is 29.8 Å². The molecule has 0 aromatic heterocycles. The van der Waals surface area contributed by atoms with E-state index < -0.39 is 0 Å². The average Bonchev–Trinajstić information content (AvgIpc) is 2.84. The van der Waals surface area contributed by atoms with E-state index in [4.69, 9.17) is 9.47 Å². The maximum atomic E-state index is 12.5. The molecule has 1 aromatic rings. The van der Waals surface area contributed by atoms with Crippen molar-refractivity contribution in [2.24, 2.45) is 0 Å². The number of nitrogens with zero attached hydrogens (tertiary/aromatic N) is 3. The molecule has 3 rings (SSSR count). The fourth-order valence-electron chi connectivity index (χ4n) is 4.42. The first-order valence-electron chi connectivity index (χ1n) is 9.90. The number of likely N-dealkylation sites (tertiary alicyclic amines) is 1. The number of rotatable bonds is 6. The highest BCUT2D eigenvalue weighted by Gasteiger charge is 2.42. The Hall–Kier alpha value is -1.63. The van der Waals surface area contributed by atoms with E-state index in [1.54, 1.807) is 14.2 Å². The van der Waals surface area contributed by atoms with Gasteiger partial charge >= 0.3 is 0 Å². The highest BCUT2D eigenvalue weighted by Crippen LogP contribution is 2.33. The lowest BCUT2D eigenvalue weighted by Gasteiger charge is -2.49. The van der Waals surface area contributed by atoms with Gasteiger partial charge < -0.3 is 14.4 Å². The van der Waals surface area contributed by atoms with Crippen LogP contribution in [0.5, 0.6) is 5.75 Å². The number of para-hydroxylation sites is 1. The van der Waals surface area contributed by atoms with Gasteiger partial charge in [-0.15, -0.1) is 0 Å². The summed E-state index contributed by atoms with van der Waals surface area (Å²) >= 11 is 0. The maximum absolute atomic E-state index is 12.5. The van der Waals surface area contributed by atoms with Crippen LogP contribution in [0.25, 0.3) is 0 Å². The summed E-state index contributed by atoms with van der Waals surface area (Å²) in [6, 6.07) is 8.26. The first kappa shape index (κ1) is 20.1. The van der Waals surface area contributed by atoms with E-state index in [-0.39, 0.29) is 11.4 Å². The second-order valence-electron chi connectivity index (χ2n) is 7.79. The summed E-state index contributed by atoms with van der Waals surface area (Å²) in [5.41, 5.74) is 1.30. The van der Waals surface area contributed by atoms with E-state index in [0.29, 0.717) is 19.6 Å². The molecule has 0 bridgehead atoms. The van der Waals surface area contributed by atoms with Gasteiger partial charge in [-0.1, -0.05) is 18.2 Å². The molecule has 0 saturated carbocycles. The molecule has 6 nitrogen and oxygen atoms in total. The van der Waals surface area contributed by atoms with Crippen LogP contribution < -0.4 is 4.74 Å². The Balaban J connectivity index is 1.70. The van der Waals surface area contributed by atoms with Crippen LogP contribution in [0.4, 0.5) is 0 Å². The van der Waals surface area contributed by atoms with Gasteiger partial charge in [0.15, 0.2) is 0 Å². The van der Waals surface area contributed by atoms with Crippen molar-refractivity contribution in [1.82, 2.24) is 14.7 Å². The van der Waals surface area contributed by atoms with Crippen LogP contribution in [0, 0.1) is 0 Å². The molecule has 1 amide bonds. The standard InChI is InChI=1S/C21H33N3O3/c1-22-12-13-23(16-18-6-4-5-7-19(18)27-3)17-21(22)9-8-20(25)24(11-10-21)14-15-26-2/h4-7H,8-17H2,1-3H3. The summed E-state index contributed by atoms with van der Waals surface area (Å²) in [5, 5.41) is 0. The van der Waals surface area contributed by atoms with Crippen molar-refractivity contribution in [2.45, 2.75) is 31.3 Å². The molecular weight excluding hydrogens is 342 g/mol. The van der Waals surface area contributed by atoms with E-state index in [9.17, 15) is 4.79 Å². The van der Waals surface area contributed by atoms with Gasteiger partial charge in [-0.3, -0.25) is 14.6 Å². The van der Waals surface area contributed by atoms with E-state index >= 15 is 0 Å². The smallest absolute Gasteiger partial charge is 0.222 e. The predicted molar refractivity (Wildman–Crippen MR) is 106 cm³/mol. The first-order chi connectivity index (χ1) is 13.1. The Labute approximate surface area is 163 Å². The Morgan fingerprint density at radius 3 is 2.70 bits per heavy atom. The fraction of sp³-hybridized carbons (Fsp3) is 0.667. The van der Waals surface area contributed by atoms with Gasteiger partial charge in [0.1, 0.15) is 5.75 Å². The van der Waals surface area contributed by atoms with Gasteiger partial charge in [0.05, 0.1) is 13.7 Å². The van der Waals surface area contributed by atoms with Gasteiger partial charge in [-0.05, 0) is 26.0 Å². The summed E-state index contributed by atoms with van der Waals surface area (Å²) in [5.74, 6) is 1.21. The van der Waals surface area contributed by atoms with Gasteiger partial charge in [-0.25, -0.2) is 0 Å². The second kappa shape index (κ2) is 9.04. The third-order valence-electron chi connectivity index (χ3n) is 6.24. The van der Waals surface area contributed by atoms with Crippen LogP contribution in [0.15, 0.2) is 24.3 Å². The normalized spacial score (nSPS) is 25.0. The van der Waals surface area contributed by atoms with E-state index in [1.165, 1.54) is 5.56 Å². The lowest BCUT2D eigenvalue weighted by atomic mass is 9.86. The molecule has 2 fully saturated rings. The van der Waals surface area contributed by atoms with Crippen LogP contribution in [-0.2, 0) is 16.1 Å². The van der Waals surface area contributed by atoms with Gasteiger partial charge in [0.25, 0.3) is 0 Å². The zero-order valence-corrected chi connectivity index (χ0v) is 16.9. The largest absolute Gasteiger partial charge is 0.496 e. The highest BCUT2D eigenvalue weighted by atomic mass is 16.5. The molecule has 2 aliphatic rings. The molecule has 0 radical (unpaired) electrons. The minimum absolute atomic E-state index is 0.0672. The molecule has 1 unspecified atom stereocenters. The van der Waals surface area contributed by atoms with Crippen molar-refractivity contribution in [3.63, 3.8) is 0 Å². The monoisotopic (exact) mass is 375 g/mol. The molecule has 2 saturated heterocycles. The Bertz CT molecular complexity index is 639. The molecular formula is C21H33N3O3. The Morgan fingerprint density at radius 1 is 1.11 bits per heavy atom. The molecule has 0 N–H and O–H groups in total. The number of amides is 1. The summed E-state index contributed by atoms with van der Waals surface area (Å²) in [6.07, 6.45) is 2.56. The molecule has 6 heteroatoms. The zero-order valence-electron chi connectivity index (χ0n) is 16.9. The van der Waals surface area contributed by atoms with Crippen LogP contribution in [0.1, 0.15) is 24.8 Å². The topological polar surface area (TPSA) is 45.3 Å². The maximum Gasteiger partial charge on any atom is 0.222 e. The lowest BCUT2D eigenvalue weighted by molar-refractivity contribution is -0.131. The van der Waals surface area contributed by atoms with Crippen molar-refractivity contribution in [3.8, 4) is 5.75 Å². The van der Waals surface area contributed by atoms with Crippen LogP contribution in [-0.4, -0.2) is 86.7 Å². The molecule has 2 aliphatic heterocycles. The predicted octanol–water partition coefficient (Wildman–Crippen LogP) is 1.84. The number of methoxy groups -OCH3 is 2. The number of likely N-dealkylation sites (N-methyl/N-ethyl adjacent to an activating group) is 1. The van der Waals surface area contributed by atoms with Gasteiger partial charge in [0.2, 0.25) is 5.91 Å². The minimum atomic E-state index is 0.0672. The quantitative estimate of drug-likeness (QED) is 0.759. The molecule has 1 spiro atoms. The number of hydrogen-bond acceptors (Lipinski definition) is 5. The van der Waals surface area contributed by atoms with E-state index in [1.807, 2.05) is 17.0 Å². The zero-order chi connectivity index (χ0) is 19.3. The minimum Gasteiger partial charge on any atom is -0.496 e. The summed E-state index contributed by atoms with van der Waals surface area (Å²) in [6.45, 7) is 6.07. The number of piperazine rings is 1. The second-order valence-corrected chi connectivity index (χ2v) is 7.79. The van der Waals surface area contributed by atoms with Crippen molar-refractivity contribution in [2.75, 3.05) is 60.6 Å². The number of carbonyl (C=O) groups is 1. The number of hydrogen-bond donors (Lipinski definition) is 0. The third kappa shape index (κ3) is 4.62. The molecule has 1 aromatic carbocycles. The van der Waals surface area contributed by atoms with E-state index in [2.05, 4.69) is 29.0 Å². The van der Waals surface area contributed by atoms with Gasteiger partial charge in [0, 0.05) is 63.9 Å². The van der Waals surface area contributed by atoms with Crippen LogP contribution in [0.2, 0.25) is 0 Å². The molecule has 150 valence electrons. The summed E-state index contributed by atoms with van der Waals surface area (Å²) in [4.78, 5) is 19.5. The van der Waals surface area contributed by atoms with Crippen LogP contribution in [0.3, 0.4) is 0 Å². The summed E-state index contributed by atoms with van der Waals surface area (Å²) in [7, 11) is 5.64. The van der Waals surface area contributed by atoms with E-state index in [0.717, 1.165) is 51.3 Å². The van der Waals surface area contributed by atoms with Crippen LogP contribution >= 0.6 is 0 Å². The Kier molecular flexibility index (Phi) is 6.73. The SMILES string of the molecule is COCCN1CCC2(CCC1=O)CN(Cc1ccccc1OC)CCN2C. The van der Waals surface area contributed by atoms with Crippen molar-refractivity contribution < 1.29 is 14.3 Å². The average molecular weight is 376 g/mol. The molecule has 1 atom stereocenters. The van der Waals surface area contributed by atoms with Crippen molar-refractivity contribution >= 4 is 5.91 Å². The first-order valence-corrected chi connectivity index (χ1v) is 9.90. The third-order valence-corrected chi connectivity index (χ3v) is 6.24. The molecule has 27 heavy (non-hydrogen) atoms. The number of carbonyl (C=O) groups excluding carboxylic acids is 1.